The molecular weight excluding hydrogens is 416 g/mol. The number of carbonyl (C=O) groups is 1. The number of nitrogens with one attached hydrogen (secondary N) is 2. The maximum Gasteiger partial charge on any atom is 0.337 e. The van der Waals surface area contributed by atoms with Gasteiger partial charge in [0.05, 0.1) is 25.5 Å². The summed E-state index contributed by atoms with van der Waals surface area (Å²) in [7, 11) is -1.16. The van der Waals surface area contributed by atoms with Crippen LogP contribution in [0.2, 0.25) is 0 Å². The lowest BCUT2D eigenvalue weighted by atomic mass is 9.97. The van der Waals surface area contributed by atoms with Crippen molar-refractivity contribution in [1.82, 2.24) is 0 Å². The highest BCUT2D eigenvalue weighted by atomic mass is 32.2. The molecule has 0 atom stereocenters. The highest BCUT2D eigenvalue weighted by molar-refractivity contribution is 7.92. The molecule has 0 fully saturated rings. The van der Waals surface area contributed by atoms with Crippen molar-refractivity contribution in [2.24, 2.45) is 0 Å². The Morgan fingerprint density at radius 2 is 1.84 bits per heavy atom. The summed E-state index contributed by atoms with van der Waals surface area (Å²) in [4.78, 5) is 12.0. The summed E-state index contributed by atoms with van der Waals surface area (Å²) in [6.07, 6.45) is 7.75. The summed E-state index contributed by atoms with van der Waals surface area (Å²) in [5, 5.41) is 3.22. The number of allylic oxidation sites excluding steroid dienone is 1. The van der Waals surface area contributed by atoms with Crippen LogP contribution in [0.4, 0.5) is 11.4 Å². The van der Waals surface area contributed by atoms with Crippen LogP contribution in [0.3, 0.4) is 0 Å². The second-order valence-corrected chi connectivity index (χ2v) is 8.97. The molecule has 0 aromatic heterocycles. The van der Waals surface area contributed by atoms with Crippen molar-refractivity contribution in [3.63, 3.8) is 0 Å². The molecule has 1 aliphatic rings. The third kappa shape index (κ3) is 6.01. The highest BCUT2D eigenvalue weighted by Crippen LogP contribution is 2.27. The van der Waals surface area contributed by atoms with Crippen molar-refractivity contribution in [1.29, 1.82) is 0 Å². The van der Waals surface area contributed by atoms with Gasteiger partial charge in [-0.25, -0.2) is 13.2 Å². The number of rotatable bonds is 9. The number of hydrogen-bond donors (Lipinski definition) is 2. The maximum atomic E-state index is 13.2. The van der Waals surface area contributed by atoms with Crippen molar-refractivity contribution >= 4 is 27.4 Å². The van der Waals surface area contributed by atoms with Crippen molar-refractivity contribution < 1.29 is 22.7 Å². The molecule has 0 aliphatic heterocycles. The van der Waals surface area contributed by atoms with Gasteiger partial charge in [0.2, 0.25) is 0 Å². The fraction of sp³-hybridized carbons (Fsp3) is 0.348. The quantitative estimate of drug-likeness (QED) is 0.434. The average molecular weight is 445 g/mol. The van der Waals surface area contributed by atoms with Crippen LogP contribution >= 0.6 is 0 Å². The van der Waals surface area contributed by atoms with Crippen molar-refractivity contribution in [3.8, 4) is 5.75 Å². The summed E-state index contributed by atoms with van der Waals surface area (Å²) in [6, 6.07) is 11.1. The van der Waals surface area contributed by atoms with Crippen LogP contribution in [0, 0.1) is 0 Å². The van der Waals surface area contributed by atoms with E-state index in [1.807, 2.05) is 0 Å². The predicted molar refractivity (Wildman–Crippen MR) is 121 cm³/mol. The fourth-order valence-electron chi connectivity index (χ4n) is 3.49. The molecule has 0 saturated heterocycles. The van der Waals surface area contributed by atoms with Crippen LogP contribution in [0.5, 0.6) is 5.75 Å². The lowest BCUT2D eigenvalue weighted by molar-refractivity contribution is 0.0600. The number of anilines is 2. The van der Waals surface area contributed by atoms with Gasteiger partial charge in [0, 0.05) is 12.2 Å². The zero-order valence-corrected chi connectivity index (χ0v) is 18.6. The van der Waals surface area contributed by atoms with Crippen LogP contribution in [0.15, 0.2) is 59.0 Å². The first-order valence-electron chi connectivity index (χ1n) is 10.2. The number of sulfonamides is 1. The topological polar surface area (TPSA) is 93.7 Å². The lowest BCUT2D eigenvalue weighted by Gasteiger charge is -2.17. The Balaban J connectivity index is 1.84. The van der Waals surface area contributed by atoms with Crippen LogP contribution in [0.25, 0.3) is 0 Å². The molecule has 0 unspecified atom stereocenters. The van der Waals surface area contributed by atoms with E-state index in [1.54, 1.807) is 43.5 Å². The van der Waals surface area contributed by atoms with Gasteiger partial charge in [-0.05, 0) is 74.6 Å². The third-order valence-corrected chi connectivity index (χ3v) is 6.60. The Kier molecular flexibility index (Phi) is 7.57. The first kappa shape index (κ1) is 22.7. The fourth-order valence-corrected chi connectivity index (χ4v) is 4.76. The number of methoxy groups -OCH3 is 2. The van der Waals surface area contributed by atoms with E-state index in [4.69, 9.17) is 9.47 Å². The molecule has 3 rings (SSSR count). The third-order valence-electron chi connectivity index (χ3n) is 5.18. The molecule has 0 heterocycles. The molecule has 0 radical (unpaired) electrons. The summed E-state index contributed by atoms with van der Waals surface area (Å²) in [5.41, 5.74) is 2.39. The molecular formula is C23H28N2O5S. The molecule has 2 aromatic rings. The zero-order valence-electron chi connectivity index (χ0n) is 17.8. The minimum Gasteiger partial charge on any atom is -0.497 e. The van der Waals surface area contributed by atoms with Gasteiger partial charge in [0.15, 0.2) is 0 Å². The Morgan fingerprint density at radius 3 is 2.48 bits per heavy atom. The van der Waals surface area contributed by atoms with Gasteiger partial charge in [-0.2, -0.15) is 0 Å². The number of carbonyl (C=O) groups excluding carboxylic acids is 1. The molecule has 166 valence electrons. The van der Waals surface area contributed by atoms with Gasteiger partial charge < -0.3 is 14.8 Å². The van der Waals surface area contributed by atoms with Gasteiger partial charge in [-0.15, -0.1) is 0 Å². The number of hydrogen-bond acceptors (Lipinski definition) is 6. The van der Waals surface area contributed by atoms with Gasteiger partial charge in [0.1, 0.15) is 10.6 Å². The Hall–Kier alpha value is -3.00. The maximum absolute atomic E-state index is 13.2. The number of benzene rings is 2. The molecule has 8 heteroatoms. The monoisotopic (exact) mass is 444 g/mol. The highest BCUT2D eigenvalue weighted by Gasteiger charge is 2.22. The standard InChI is InChI=1S/C23H28N2O5S/c1-29-20-11-9-19(10-12-20)25-31(27,28)22-16-18(23(26)30-2)8-13-21(22)24-15-14-17-6-4-3-5-7-17/h6,8-13,16,24-25H,3-5,7,14-15H2,1-2H3. The molecule has 0 spiro atoms. The van der Waals surface area contributed by atoms with E-state index in [1.165, 1.54) is 31.6 Å². The van der Waals surface area contributed by atoms with E-state index in [-0.39, 0.29) is 10.5 Å². The van der Waals surface area contributed by atoms with Crippen molar-refractivity contribution in [2.45, 2.75) is 37.0 Å². The number of ether oxygens (including phenoxy) is 2. The van der Waals surface area contributed by atoms with Crippen LogP contribution < -0.4 is 14.8 Å². The van der Waals surface area contributed by atoms with Crippen LogP contribution in [-0.4, -0.2) is 35.2 Å². The molecule has 1 aliphatic carbocycles. The van der Waals surface area contributed by atoms with E-state index in [9.17, 15) is 13.2 Å². The Labute approximate surface area is 183 Å². The molecule has 2 N–H and O–H groups in total. The predicted octanol–water partition coefficient (Wildman–Crippen LogP) is 4.59. The smallest absolute Gasteiger partial charge is 0.337 e. The largest absolute Gasteiger partial charge is 0.497 e. The average Bonchev–Trinajstić information content (AvgIpc) is 2.79. The second-order valence-electron chi connectivity index (χ2n) is 7.32. The van der Waals surface area contributed by atoms with Gasteiger partial charge >= 0.3 is 5.97 Å². The minimum atomic E-state index is -3.96. The molecule has 0 amide bonds. The van der Waals surface area contributed by atoms with Gasteiger partial charge in [-0.3, -0.25) is 4.72 Å². The zero-order chi connectivity index (χ0) is 22.3. The van der Waals surface area contributed by atoms with Crippen LogP contribution in [0.1, 0.15) is 42.5 Å². The first-order valence-corrected chi connectivity index (χ1v) is 11.7. The Morgan fingerprint density at radius 1 is 1.06 bits per heavy atom. The minimum absolute atomic E-state index is 0.0103. The van der Waals surface area contributed by atoms with Crippen molar-refractivity contribution in [3.05, 3.63) is 59.7 Å². The van der Waals surface area contributed by atoms with E-state index in [0.717, 1.165) is 19.3 Å². The summed E-state index contributed by atoms with van der Waals surface area (Å²) < 4.78 is 38.7. The Bertz CT molecular complexity index is 1050. The first-order chi connectivity index (χ1) is 14.9. The van der Waals surface area contributed by atoms with E-state index in [0.29, 0.717) is 23.7 Å². The summed E-state index contributed by atoms with van der Waals surface area (Å²) in [5.74, 6) is 0.0230. The normalized spacial score (nSPS) is 13.8. The molecule has 2 aromatic carbocycles. The van der Waals surface area contributed by atoms with E-state index >= 15 is 0 Å². The SMILES string of the molecule is COC(=O)c1ccc(NCCC2=CCCCC2)c(S(=O)(=O)Nc2ccc(OC)cc2)c1. The van der Waals surface area contributed by atoms with Gasteiger partial charge in [0.25, 0.3) is 10.0 Å². The molecule has 7 nitrogen and oxygen atoms in total. The number of esters is 1. The van der Waals surface area contributed by atoms with E-state index < -0.39 is 16.0 Å². The summed E-state index contributed by atoms with van der Waals surface area (Å²) in [6.45, 7) is 0.606. The molecule has 31 heavy (non-hydrogen) atoms. The second kappa shape index (κ2) is 10.3. The molecule has 0 saturated carbocycles. The van der Waals surface area contributed by atoms with Crippen LogP contribution in [-0.2, 0) is 14.8 Å². The lowest BCUT2D eigenvalue weighted by Crippen LogP contribution is -2.17. The van der Waals surface area contributed by atoms with Gasteiger partial charge in [-0.1, -0.05) is 11.6 Å². The van der Waals surface area contributed by atoms with E-state index in [2.05, 4.69) is 16.1 Å². The summed E-state index contributed by atoms with van der Waals surface area (Å²) >= 11 is 0. The van der Waals surface area contributed by atoms with Crippen molar-refractivity contribution in [2.75, 3.05) is 30.8 Å². The molecule has 0 bridgehead atoms.